The summed E-state index contributed by atoms with van der Waals surface area (Å²) in [6, 6.07) is 23.3. The number of piperazine rings is 1. The van der Waals surface area contributed by atoms with E-state index in [1.165, 1.54) is 11.1 Å². The molecule has 2 saturated heterocycles. The van der Waals surface area contributed by atoms with Crippen LogP contribution in [0.2, 0.25) is 0 Å². The standard InChI is InChI=1S/C28H33N5O2/c29-21-25(28(35)30-14-8-16-32-15-7-13-26(32)34)22-31-17-19-33(20-18-31)27(23-9-3-1-4-10-23)24-11-5-2-6-12-24/h1-6,9-12,22,27H,7-8,13-20H2,(H,30,35)/b25-22-. The lowest BCUT2D eigenvalue weighted by molar-refractivity contribution is -0.127. The smallest absolute Gasteiger partial charge is 0.263 e. The normalized spacial score (nSPS) is 17.0. The number of likely N-dealkylation sites (tertiary alicyclic amines) is 1. The minimum Gasteiger partial charge on any atom is -0.374 e. The largest absolute Gasteiger partial charge is 0.374 e. The zero-order valence-electron chi connectivity index (χ0n) is 20.1. The molecule has 7 heteroatoms. The molecular weight excluding hydrogens is 438 g/mol. The number of amides is 2. The van der Waals surface area contributed by atoms with Gasteiger partial charge in [-0.3, -0.25) is 14.5 Å². The Hall–Kier alpha value is -3.63. The summed E-state index contributed by atoms with van der Waals surface area (Å²) >= 11 is 0. The summed E-state index contributed by atoms with van der Waals surface area (Å²) < 4.78 is 0. The van der Waals surface area contributed by atoms with Crippen molar-refractivity contribution in [1.29, 1.82) is 5.26 Å². The van der Waals surface area contributed by atoms with Gasteiger partial charge in [0.15, 0.2) is 0 Å². The molecule has 0 unspecified atom stereocenters. The molecule has 2 fully saturated rings. The third kappa shape index (κ3) is 6.49. The summed E-state index contributed by atoms with van der Waals surface area (Å²) in [5.74, 6) is -0.163. The molecule has 2 amide bonds. The zero-order valence-corrected chi connectivity index (χ0v) is 20.1. The van der Waals surface area contributed by atoms with Crippen LogP contribution in [0.25, 0.3) is 0 Å². The molecule has 2 aliphatic heterocycles. The van der Waals surface area contributed by atoms with Crippen molar-refractivity contribution in [3.63, 3.8) is 0 Å². The van der Waals surface area contributed by atoms with Gasteiger partial charge in [-0.05, 0) is 24.0 Å². The molecule has 0 spiro atoms. The van der Waals surface area contributed by atoms with Crippen LogP contribution in [-0.2, 0) is 9.59 Å². The summed E-state index contributed by atoms with van der Waals surface area (Å²) in [4.78, 5) is 30.6. The van der Waals surface area contributed by atoms with E-state index in [0.29, 0.717) is 25.9 Å². The average Bonchev–Trinajstić information content (AvgIpc) is 3.31. The van der Waals surface area contributed by atoms with Crippen molar-refractivity contribution in [1.82, 2.24) is 20.0 Å². The molecule has 35 heavy (non-hydrogen) atoms. The molecule has 1 N–H and O–H groups in total. The van der Waals surface area contributed by atoms with Crippen molar-refractivity contribution in [3.8, 4) is 6.07 Å². The number of nitriles is 1. The summed E-state index contributed by atoms with van der Waals surface area (Å²) in [7, 11) is 0. The molecule has 182 valence electrons. The van der Waals surface area contributed by atoms with E-state index in [4.69, 9.17) is 0 Å². The lowest BCUT2D eigenvalue weighted by Gasteiger charge is -2.39. The fourth-order valence-electron chi connectivity index (χ4n) is 4.84. The first-order valence-electron chi connectivity index (χ1n) is 12.4. The first-order valence-corrected chi connectivity index (χ1v) is 12.4. The molecule has 2 heterocycles. The van der Waals surface area contributed by atoms with Gasteiger partial charge in [0.1, 0.15) is 11.6 Å². The van der Waals surface area contributed by atoms with Crippen LogP contribution in [0.1, 0.15) is 36.4 Å². The monoisotopic (exact) mass is 471 g/mol. The highest BCUT2D eigenvalue weighted by Gasteiger charge is 2.26. The molecule has 0 saturated carbocycles. The number of nitrogens with one attached hydrogen (secondary N) is 1. The first kappa shape index (κ1) is 24.5. The second-order valence-corrected chi connectivity index (χ2v) is 9.04. The molecule has 2 aromatic carbocycles. The Morgan fingerprint density at radius 3 is 2.14 bits per heavy atom. The molecule has 0 aliphatic carbocycles. The molecule has 2 aliphatic rings. The number of hydrogen-bond acceptors (Lipinski definition) is 5. The van der Waals surface area contributed by atoms with Gasteiger partial charge in [-0.25, -0.2) is 0 Å². The van der Waals surface area contributed by atoms with Gasteiger partial charge >= 0.3 is 0 Å². The number of nitrogens with zero attached hydrogens (tertiary/aromatic N) is 4. The van der Waals surface area contributed by atoms with E-state index in [1.807, 2.05) is 17.0 Å². The Morgan fingerprint density at radius 2 is 1.60 bits per heavy atom. The van der Waals surface area contributed by atoms with Crippen LogP contribution in [0.5, 0.6) is 0 Å². The van der Waals surface area contributed by atoms with E-state index in [-0.39, 0.29) is 23.4 Å². The Morgan fingerprint density at radius 1 is 0.971 bits per heavy atom. The van der Waals surface area contributed by atoms with Crippen molar-refractivity contribution in [2.45, 2.75) is 25.3 Å². The number of carbonyl (C=O) groups is 2. The minimum atomic E-state index is -0.353. The predicted octanol–water partition coefficient (Wildman–Crippen LogP) is 2.93. The van der Waals surface area contributed by atoms with Crippen molar-refractivity contribution in [2.24, 2.45) is 0 Å². The lowest BCUT2D eigenvalue weighted by Crippen LogP contribution is -2.46. The van der Waals surface area contributed by atoms with Crippen molar-refractivity contribution < 1.29 is 9.59 Å². The van der Waals surface area contributed by atoms with Gasteiger partial charge in [-0.1, -0.05) is 60.7 Å². The molecule has 0 radical (unpaired) electrons. The first-order chi connectivity index (χ1) is 17.2. The average molecular weight is 472 g/mol. The van der Waals surface area contributed by atoms with Gasteiger partial charge in [0.25, 0.3) is 5.91 Å². The number of hydrogen-bond donors (Lipinski definition) is 1. The Bertz CT molecular complexity index is 1020. The van der Waals surface area contributed by atoms with E-state index < -0.39 is 0 Å². The van der Waals surface area contributed by atoms with Crippen LogP contribution < -0.4 is 5.32 Å². The van der Waals surface area contributed by atoms with Crippen LogP contribution in [-0.4, -0.2) is 72.3 Å². The molecule has 0 atom stereocenters. The molecule has 2 aromatic rings. The predicted molar refractivity (Wildman–Crippen MR) is 135 cm³/mol. The van der Waals surface area contributed by atoms with Gasteiger partial charge < -0.3 is 15.1 Å². The van der Waals surface area contributed by atoms with E-state index in [9.17, 15) is 14.9 Å². The van der Waals surface area contributed by atoms with E-state index in [2.05, 4.69) is 69.7 Å². The number of benzene rings is 2. The number of rotatable bonds is 9. The summed E-state index contributed by atoms with van der Waals surface area (Å²) in [6.07, 6.45) is 3.92. The Balaban J connectivity index is 1.31. The van der Waals surface area contributed by atoms with Crippen LogP contribution in [0, 0.1) is 11.3 Å². The quantitative estimate of drug-likeness (QED) is 0.346. The van der Waals surface area contributed by atoms with Crippen LogP contribution in [0.4, 0.5) is 0 Å². The highest BCUT2D eigenvalue weighted by molar-refractivity contribution is 5.97. The molecule has 0 bridgehead atoms. The Kier molecular flexibility index (Phi) is 8.53. The van der Waals surface area contributed by atoms with E-state index >= 15 is 0 Å². The van der Waals surface area contributed by atoms with E-state index in [0.717, 1.165) is 39.1 Å². The molecular formula is C28H33N5O2. The topological polar surface area (TPSA) is 79.7 Å². The maximum Gasteiger partial charge on any atom is 0.263 e. The van der Waals surface area contributed by atoms with Crippen LogP contribution in [0.15, 0.2) is 72.4 Å². The Labute approximate surface area is 207 Å². The third-order valence-corrected chi connectivity index (χ3v) is 6.68. The molecule has 7 nitrogen and oxygen atoms in total. The molecule has 4 rings (SSSR count). The van der Waals surface area contributed by atoms with Gasteiger partial charge in [0.2, 0.25) is 5.91 Å². The third-order valence-electron chi connectivity index (χ3n) is 6.68. The van der Waals surface area contributed by atoms with Crippen molar-refractivity contribution >= 4 is 11.8 Å². The van der Waals surface area contributed by atoms with Crippen LogP contribution in [0.3, 0.4) is 0 Å². The molecule has 0 aromatic heterocycles. The number of carbonyl (C=O) groups excluding carboxylic acids is 2. The fourth-order valence-corrected chi connectivity index (χ4v) is 4.84. The maximum absolute atomic E-state index is 12.5. The SMILES string of the molecule is N#C/C(=C/N1CCN(C(c2ccccc2)c2ccccc2)CC1)C(=O)NCCCN1CCCC1=O. The van der Waals surface area contributed by atoms with Gasteiger partial charge in [0.05, 0.1) is 6.04 Å². The second-order valence-electron chi connectivity index (χ2n) is 9.04. The van der Waals surface area contributed by atoms with Gasteiger partial charge in [-0.15, -0.1) is 0 Å². The summed E-state index contributed by atoms with van der Waals surface area (Å²) in [5, 5.41) is 12.4. The zero-order chi connectivity index (χ0) is 24.5. The second kappa shape index (κ2) is 12.2. The highest BCUT2D eigenvalue weighted by atomic mass is 16.2. The van der Waals surface area contributed by atoms with Gasteiger partial charge in [0, 0.05) is 58.4 Å². The maximum atomic E-state index is 12.5. The van der Waals surface area contributed by atoms with Gasteiger partial charge in [-0.2, -0.15) is 5.26 Å². The lowest BCUT2D eigenvalue weighted by atomic mass is 9.96. The fraction of sp³-hybridized carbons (Fsp3) is 0.393. The van der Waals surface area contributed by atoms with E-state index in [1.54, 1.807) is 6.20 Å². The minimum absolute atomic E-state index is 0.123. The van der Waals surface area contributed by atoms with Crippen molar-refractivity contribution in [3.05, 3.63) is 83.6 Å². The highest BCUT2D eigenvalue weighted by Crippen LogP contribution is 2.29. The van der Waals surface area contributed by atoms with Crippen LogP contribution >= 0.6 is 0 Å². The van der Waals surface area contributed by atoms with Crippen molar-refractivity contribution in [2.75, 3.05) is 45.8 Å². The summed E-state index contributed by atoms with van der Waals surface area (Å²) in [5.41, 5.74) is 2.64. The summed E-state index contributed by atoms with van der Waals surface area (Å²) in [6.45, 7) is 5.04.